The Morgan fingerprint density at radius 2 is 0.550 bits per heavy atom. The highest BCUT2D eigenvalue weighted by Crippen LogP contribution is 2.49. The van der Waals surface area contributed by atoms with Crippen LogP contribution >= 0.6 is 89.6 Å². The van der Waals surface area contributed by atoms with Gasteiger partial charge in [0, 0.05) is 13.1 Å². The van der Waals surface area contributed by atoms with Crippen LogP contribution in [0.3, 0.4) is 0 Å². The van der Waals surface area contributed by atoms with E-state index >= 15 is 0 Å². The standard InChI is InChI=1S/C40H90N6O6P2.6ClH/c1-3-5-7-17-35-49-53(47,39-33-45(29-21-25-41)30-22-26-42)51-37-19-15-13-11-9-10-12-14-16-20-38-52-54(48,50-36-18-8-6-4-2)40-34-46(31-23-27-43)32-24-28-44;;;;;;/h3-44H2,1-2H3;6*1H. The van der Waals surface area contributed by atoms with E-state index in [-0.39, 0.29) is 74.4 Å². The fourth-order valence-electron chi connectivity index (χ4n) is 6.28. The number of halogens is 6. The van der Waals surface area contributed by atoms with Gasteiger partial charge in [-0.25, -0.2) is 0 Å². The van der Waals surface area contributed by atoms with Crippen LogP contribution in [-0.4, -0.2) is 114 Å². The minimum Gasteiger partial charge on any atom is -0.330 e. The van der Waals surface area contributed by atoms with E-state index in [1.54, 1.807) is 0 Å². The van der Waals surface area contributed by atoms with Crippen molar-refractivity contribution in [3.63, 3.8) is 0 Å². The van der Waals surface area contributed by atoms with E-state index in [2.05, 4.69) is 23.6 Å². The van der Waals surface area contributed by atoms with Crippen molar-refractivity contribution in [2.75, 3.05) is 104 Å². The number of nitrogens with two attached hydrogens (primary N) is 4. The Hall–Kier alpha value is 1.80. The molecule has 2 atom stereocenters. The van der Waals surface area contributed by atoms with Crippen LogP contribution in [0.15, 0.2) is 0 Å². The SMILES string of the molecule is CCCCCCOP(=O)(CCN(CCCN)CCCN)OCCCCCCCCCCCCOP(=O)(CCN(CCCN)CCCN)OCCCCCC.Cl.Cl.Cl.Cl.Cl.Cl. The summed E-state index contributed by atoms with van der Waals surface area (Å²) >= 11 is 0. The quantitative estimate of drug-likeness (QED) is 0.0335. The average molecular weight is 1030 g/mol. The van der Waals surface area contributed by atoms with E-state index in [0.29, 0.717) is 78.0 Å². The molecular weight excluding hydrogens is 935 g/mol. The molecule has 0 fully saturated rings. The van der Waals surface area contributed by atoms with Gasteiger partial charge in [-0.2, -0.15) is 0 Å². The van der Waals surface area contributed by atoms with Gasteiger partial charge in [0.05, 0.1) is 38.8 Å². The van der Waals surface area contributed by atoms with Crippen molar-refractivity contribution in [3.05, 3.63) is 0 Å². The molecule has 0 rings (SSSR count). The Labute approximate surface area is 406 Å². The highest BCUT2D eigenvalue weighted by Gasteiger charge is 2.26. The molecule has 0 amide bonds. The zero-order chi connectivity index (χ0) is 39.9. The first kappa shape index (κ1) is 76.1. The van der Waals surface area contributed by atoms with Crippen molar-refractivity contribution in [1.29, 1.82) is 0 Å². The summed E-state index contributed by atoms with van der Waals surface area (Å²) in [5, 5.41) is 0. The first-order chi connectivity index (χ1) is 26.3. The van der Waals surface area contributed by atoms with Crippen LogP contribution in [0.2, 0.25) is 0 Å². The van der Waals surface area contributed by atoms with Gasteiger partial charge in [0.15, 0.2) is 0 Å². The molecule has 0 spiro atoms. The molecule has 0 saturated carbocycles. The fourth-order valence-corrected chi connectivity index (χ4v) is 9.63. The Morgan fingerprint density at radius 1 is 0.333 bits per heavy atom. The van der Waals surface area contributed by atoms with E-state index in [9.17, 15) is 9.13 Å². The summed E-state index contributed by atoms with van der Waals surface area (Å²) in [6, 6.07) is 0. The summed E-state index contributed by atoms with van der Waals surface area (Å²) in [7, 11) is -6.30. The Kier molecular flexibility index (Phi) is 72.2. The van der Waals surface area contributed by atoms with Crippen molar-refractivity contribution in [2.24, 2.45) is 22.9 Å². The molecule has 0 radical (unpaired) electrons. The van der Waals surface area contributed by atoms with Crippen LogP contribution in [0.5, 0.6) is 0 Å². The van der Waals surface area contributed by atoms with E-state index < -0.39 is 15.2 Å². The Morgan fingerprint density at radius 3 is 0.767 bits per heavy atom. The number of unbranched alkanes of at least 4 members (excludes halogenated alkanes) is 15. The predicted molar refractivity (Wildman–Crippen MR) is 274 cm³/mol. The molecule has 0 aromatic carbocycles. The molecule has 0 bridgehead atoms. The molecule has 8 N–H and O–H groups in total. The van der Waals surface area contributed by atoms with Gasteiger partial charge in [-0.1, -0.05) is 104 Å². The Bertz CT molecular complexity index is 825. The van der Waals surface area contributed by atoms with Gasteiger partial charge in [0.25, 0.3) is 0 Å². The van der Waals surface area contributed by atoms with Crippen LogP contribution in [0.25, 0.3) is 0 Å². The van der Waals surface area contributed by atoms with Crippen LogP contribution in [-0.2, 0) is 27.2 Å². The largest absolute Gasteiger partial charge is 0.331 e. The van der Waals surface area contributed by atoms with Crippen LogP contribution in [0, 0.1) is 0 Å². The van der Waals surface area contributed by atoms with Crippen molar-refractivity contribution in [3.8, 4) is 0 Å². The number of hydrogen-bond donors (Lipinski definition) is 4. The van der Waals surface area contributed by atoms with Crippen molar-refractivity contribution in [2.45, 2.75) is 155 Å². The normalized spacial score (nSPS) is 12.9. The second-order valence-corrected chi connectivity index (χ2v) is 19.3. The number of nitrogens with zero attached hydrogens (tertiary/aromatic N) is 2. The molecule has 0 heterocycles. The summed E-state index contributed by atoms with van der Waals surface area (Å²) in [6.45, 7) is 13.8. The molecule has 0 aliphatic carbocycles. The molecule has 0 aromatic heterocycles. The van der Waals surface area contributed by atoms with E-state index in [4.69, 9.17) is 41.0 Å². The maximum absolute atomic E-state index is 13.7. The van der Waals surface area contributed by atoms with Crippen LogP contribution in [0.1, 0.15) is 155 Å². The molecule has 2 unspecified atom stereocenters. The molecule has 20 heteroatoms. The zero-order valence-electron chi connectivity index (χ0n) is 37.9. The Balaban J connectivity index is -0.000000936. The van der Waals surface area contributed by atoms with Crippen molar-refractivity contribution >= 4 is 89.6 Å². The van der Waals surface area contributed by atoms with Crippen molar-refractivity contribution in [1.82, 2.24) is 9.80 Å². The highest BCUT2D eigenvalue weighted by atomic mass is 35.5. The summed E-state index contributed by atoms with van der Waals surface area (Å²) in [5.74, 6) is 0. The molecule has 374 valence electrons. The van der Waals surface area contributed by atoms with Gasteiger partial charge in [0.2, 0.25) is 0 Å². The maximum atomic E-state index is 13.7. The summed E-state index contributed by atoms with van der Waals surface area (Å²) in [4.78, 5) is 4.59. The summed E-state index contributed by atoms with van der Waals surface area (Å²) in [5.41, 5.74) is 23.0. The lowest BCUT2D eigenvalue weighted by atomic mass is 10.1. The van der Waals surface area contributed by atoms with Crippen LogP contribution in [0.4, 0.5) is 0 Å². The monoisotopic (exact) mass is 1030 g/mol. The second kappa shape index (κ2) is 56.9. The first-order valence-electron chi connectivity index (χ1n) is 22.3. The van der Waals surface area contributed by atoms with Gasteiger partial charge in [-0.05, 0) is 104 Å². The average Bonchev–Trinajstić information content (AvgIpc) is 3.17. The molecule has 12 nitrogen and oxygen atoms in total. The van der Waals surface area contributed by atoms with Gasteiger partial charge < -0.3 is 50.8 Å². The summed E-state index contributed by atoms with van der Waals surface area (Å²) < 4.78 is 51.3. The van der Waals surface area contributed by atoms with Gasteiger partial charge in [0.1, 0.15) is 0 Å². The van der Waals surface area contributed by atoms with E-state index in [1.807, 2.05) is 0 Å². The molecule has 60 heavy (non-hydrogen) atoms. The van der Waals surface area contributed by atoms with E-state index in [1.165, 1.54) is 38.5 Å². The van der Waals surface area contributed by atoms with Crippen LogP contribution < -0.4 is 22.9 Å². The van der Waals surface area contributed by atoms with Crippen molar-refractivity contribution < 1.29 is 27.2 Å². The first-order valence-corrected chi connectivity index (χ1v) is 25.8. The number of rotatable bonds is 45. The third kappa shape index (κ3) is 49.2. The van der Waals surface area contributed by atoms with Gasteiger partial charge >= 0.3 is 15.2 Å². The number of hydrogen-bond acceptors (Lipinski definition) is 12. The fraction of sp³-hybridized carbons (Fsp3) is 1.00. The maximum Gasteiger partial charge on any atom is 0.331 e. The van der Waals surface area contributed by atoms with E-state index in [0.717, 1.165) is 129 Å². The third-order valence-corrected chi connectivity index (χ3v) is 13.6. The topological polar surface area (TPSA) is 182 Å². The lowest BCUT2D eigenvalue weighted by Gasteiger charge is -2.25. The van der Waals surface area contributed by atoms with Gasteiger partial charge in [-0.15, -0.1) is 74.4 Å². The molecule has 0 saturated heterocycles. The minimum atomic E-state index is -3.15. The lowest BCUT2D eigenvalue weighted by Crippen LogP contribution is -2.31. The lowest BCUT2D eigenvalue weighted by molar-refractivity contribution is 0.190. The highest BCUT2D eigenvalue weighted by molar-refractivity contribution is 7.54. The second-order valence-electron chi connectivity index (χ2n) is 14.9. The minimum absolute atomic E-state index is 0. The third-order valence-electron chi connectivity index (χ3n) is 9.78. The smallest absolute Gasteiger partial charge is 0.330 e. The summed E-state index contributed by atoms with van der Waals surface area (Å²) in [6.07, 6.45) is 24.3. The molecular formula is C40H96Cl6N6O6P2. The molecule has 0 aliphatic heterocycles. The molecule has 0 aromatic rings. The van der Waals surface area contributed by atoms with Gasteiger partial charge in [-0.3, -0.25) is 9.13 Å². The zero-order valence-corrected chi connectivity index (χ0v) is 44.6. The predicted octanol–water partition coefficient (Wildman–Crippen LogP) is 11.0. The molecule has 0 aliphatic rings.